The smallest absolute Gasteiger partial charge is 0.240 e. The number of aliphatic hydroxyl groups excluding tert-OH is 1. The standard InChI is InChI=1S/C14H17ClN2O3S/c1-9(7-10(2)18)17-21(19,20)12-4-5-13-11(8-12)3-6-14(15)16-13/h3-6,8-10,17-18H,7H2,1-2H3. The molecule has 21 heavy (non-hydrogen) atoms. The van der Waals surface area contributed by atoms with Gasteiger partial charge in [0.2, 0.25) is 10.0 Å². The Balaban J connectivity index is 2.30. The Morgan fingerprint density at radius 2 is 2.00 bits per heavy atom. The second kappa shape index (κ2) is 6.27. The summed E-state index contributed by atoms with van der Waals surface area (Å²) < 4.78 is 27.1. The van der Waals surface area contributed by atoms with Gasteiger partial charge in [-0.1, -0.05) is 11.6 Å². The summed E-state index contributed by atoms with van der Waals surface area (Å²) in [4.78, 5) is 4.28. The Kier molecular flexibility index (Phi) is 4.83. The van der Waals surface area contributed by atoms with E-state index in [-0.39, 0.29) is 10.9 Å². The van der Waals surface area contributed by atoms with Gasteiger partial charge in [-0.15, -0.1) is 0 Å². The first-order valence-electron chi connectivity index (χ1n) is 6.54. The van der Waals surface area contributed by atoms with Gasteiger partial charge in [0.25, 0.3) is 0 Å². The van der Waals surface area contributed by atoms with E-state index >= 15 is 0 Å². The van der Waals surface area contributed by atoms with Crippen LogP contribution < -0.4 is 4.72 Å². The first-order chi connectivity index (χ1) is 9.78. The normalized spacial score (nSPS) is 15.0. The van der Waals surface area contributed by atoms with Gasteiger partial charge < -0.3 is 5.11 Å². The van der Waals surface area contributed by atoms with Crippen molar-refractivity contribution in [3.8, 4) is 0 Å². The van der Waals surface area contributed by atoms with Crippen molar-refractivity contribution in [1.29, 1.82) is 0 Å². The van der Waals surface area contributed by atoms with Crippen LogP contribution in [0, 0.1) is 0 Å². The number of fused-ring (bicyclic) bond motifs is 1. The SMILES string of the molecule is CC(O)CC(C)NS(=O)(=O)c1ccc2nc(Cl)ccc2c1. The monoisotopic (exact) mass is 328 g/mol. The Labute approximate surface area is 129 Å². The number of hydrogen-bond donors (Lipinski definition) is 2. The lowest BCUT2D eigenvalue weighted by Gasteiger charge is -2.15. The Bertz CT molecular complexity index is 747. The van der Waals surface area contributed by atoms with E-state index in [1.165, 1.54) is 6.07 Å². The minimum Gasteiger partial charge on any atom is -0.393 e. The first-order valence-corrected chi connectivity index (χ1v) is 8.41. The Morgan fingerprint density at radius 3 is 2.67 bits per heavy atom. The number of aliphatic hydroxyl groups is 1. The van der Waals surface area contributed by atoms with Crippen LogP contribution in [0.4, 0.5) is 0 Å². The van der Waals surface area contributed by atoms with Crippen LogP contribution in [0.1, 0.15) is 20.3 Å². The van der Waals surface area contributed by atoms with E-state index in [2.05, 4.69) is 9.71 Å². The summed E-state index contributed by atoms with van der Waals surface area (Å²) >= 11 is 5.80. The Morgan fingerprint density at radius 1 is 1.29 bits per heavy atom. The molecule has 0 saturated carbocycles. The topological polar surface area (TPSA) is 79.3 Å². The maximum Gasteiger partial charge on any atom is 0.240 e. The zero-order valence-corrected chi connectivity index (χ0v) is 13.3. The van der Waals surface area contributed by atoms with Gasteiger partial charge in [-0.25, -0.2) is 18.1 Å². The second-order valence-electron chi connectivity index (χ2n) is 5.10. The number of pyridine rings is 1. The molecule has 1 heterocycles. The summed E-state index contributed by atoms with van der Waals surface area (Å²) in [6.45, 7) is 3.34. The molecule has 2 aromatic rings. The minimum atomic E-state index is -3.63. The van der Waals surface area contributed by atoms with Crippen LogP contribution in [0.3, 0.4) is 0 Å². The molecule has 0 saturated heterocycles. The van der Waals surface area contributed by atoms with Crippen LogP contribution in [0.2, 0.25) is 5.15 Å². The van der Waals surface area contributed by atoms with Gasteiger partial charge in [0.15, 0.2) is 0 Å². The molecule has 2 unspecified atom stereocenters. The summed E-state index contributed by atoms with van der Waals surface area (Å²) in [6.07, 6.45) is -0.213. The van der Waals surface area contributed by atoms with E-state index in [0.29, 0.717) is 22.5 Å². The zero-order chi connectivity index (χ0) is 15.6. The molecule has 2 rings (SSSR count). The van der Waals surface area contributed by atoms with Gasteiger partial charge in [-0.2, -0.15) is 0 Å². The molecule has 0 aliphatic heterocycles. The molecule has 0 amide bonds. The maximum atomic E-state index is 12.3. The van der Waals surface area contributed by atoms with E-state index in [1.807, 2.05) is 0 Å². The predicted molar refractivity (Wildman–Crippen MR) is 82.8 cm³/mol. The molecule has 0 fully saturated rings. The summed E-state index contributed by atoms with van der Waals surface area (Å²) in [5, 5.41) is 10.4. The highest BCUT2D eigenvalue weighted by molar-refractivity contribution is 7.89. The molecule has 1 aromatic carbocycles. The second-order valence-corrected chi connectivity index (χ2v) is 7.20. The molecule has 0 spiro atoms. The zero-order valence-electron chi connectivity index (χ0n) is 11.7. The van der Waals surface area contributed by atoms with Gasteiger partial charge in [0, 0.05) is 11.4 Å². The van der Waals surface area contributed by atoms with Crippen molar-refractivity contribution in [2.45, 2.75) is 37.3 Å². The highest BCUT2D eigenvalue weighted by atomic mass is 35.5. The van der Waals surface area contributed by atoms with Gasteiger partial charge in [-0.05, 0) is 50.6 Å². The summed E-state index contributed by atoms with van der Waals surface area (Å²) in [5.74, 6) is 0. The molecule has 2 N–H and O–H groups in total. The minimum absolute atomic E-state index is 0.163. The molecule has 2 atom stereocenters. The highest BCUT2D eigenvalue weighted by Gasteiger charge is 2.18. The van der Waals surface area contributed by atoms with Crippen LogP contribution >= 0.6 is 11.6 Å². The van der Waals surface area contributed by atoms with Crippen LogP contribution in [-0.2, 0) is 10.0 Å². The fourth-order valence-corrected chi connectivity index (χ4v) is 3.58. The van der Waals surface area contributed by atoms with Gasteiger partial charge in [-0.3, -0.25) is 0 Å². The molecular weight excluding hydrogens is 312 g/mol. The summed E-state index contributed by atoms with van der Waals surface area (Å²) in [5.41, 5.74) is 0.637. The van der Waals surface area contributed by atoms with Crippen molar-refractivity contribution < 1.29 is 13.5 Å². The lowest BCUT2D eigenvalue weighted by atomic mass is 10.2. The molecule has 1 aromatic heterocycles. The average molecular weight is 329 g/mol. The molecular formula is C14H17ClN2O3S. The molecule has 7 heteroatoms. The van der Waals surface area contributed by atoms with Crippen LogP contribution in [0.25, 0.3) is 10.9 Å². The van der Waals surface area contributed by atoms with E-state index in [1.54, 1.807) is 38.1 Å². The predicted octanol–water partition coefficient (Wildman–Crippen LogP) is 2.33. The third-order valence-electron chi connectivity index (χ3n) is 2.99. The molecule has 0 radical (unpaired) electrons. The van der Waals surface area contributed by atoms with E-state index in [0.717, 1.165) is 0 Å². The van der Waals surface area contributed by atoms with Crippen molar-refractivity contribution in [3.05, 3.63) is 35.5 Å². The quantitative estimate of drug-likeness (QED) is 0.826. The van der Waals surface area contributed by atoms with Crippen molar-refractivity contribution in [2.75, 3.05) is 0 Å². The third kappa shape index (κ3) is 4.14. The molecule has 0 aliphatic rings. The van der Waals surface area contributed by atoms with Crippen LogP contribution in [0.5, 0.6) is 0 Å². The van der Waals surface area contributed by atoms with Crippen molar-refractivity contribution in [2.24, 2.45) is 0 Å². The molecule has 0 bridgehead atoms. The van der Waals surface area contributed by atoms with Crippen LogP contribution in [0.15, 0.2) is 35.2 Å². The fraction of sp³-hybridized carbons (Fsp3) is 0.357. The van der Waals surface area contributed by atoms with Crippen molar-refractivity contribution in [1.82, 2.24) is 9.71 Å². The first kappa shape index (κ1) is 16.2. The number of hydrogen-bond acceptors (Lipinski definition) is 4. The Hall–Kier alpha value is -1.21. The van der Waals surface area contributed by atoms with Crippen molar-refractivity contribution >= 4 is 32.5 Å². The lowest BCUT2D eigenvalue weighted by Crippen LogP contribution is -2.34. The fourth-order valence-electron chi connectivity index (χ4n) is 2.14. The maximum absolute atomic E-state index is 12.3. The summed E-state index contributed by atoms with van der Waals surface area (Å²) in [7, 11) is -3.63. The number of rotatable bonds is 5. The molecule has 0 aliphatic carbocycles. The van der Waals surface area contributed by atoms with Crippen molar-refractivity contribution in [3.63, 3.8) is 0 Å². The third-order valence-corrected chi connectivity index (χ3v) is 4.79. The van der Waals surface area contributed by atoms with E-state index in [4.69, 9.17) is 11.6 Å². The van der Waals surface area contributed by atoms with E-state index in [9.17, 15) is 13.5 Å². The molecule has 114 valence electrons. The van der Waals surface area contributed by atoms with Crippen LogP contribution in [-0.4, -0.2) is 30.7 Å². The number of sulfonamides is 1. The van der Waals surface area contributed by atoms with E-state index < -0.39 is 16.1 Å². The van der Waals surface area contributed by atoms with Gasteiger partial charge in [0.1, 0.15) is 5.15 Å². The highest BCUT2D eigenvalue weighted by Crippen LogP contribution is 2.20. The average Bonchev–Trinajstić information content (AvgIpc) is 2.36. The van der Waals surface area contributed by atoms with Gasteiger partial charge in [0.05, 0.1) is 16.5 Å². The molecule has 5 nitrogen and oxygen atoms in total. The largest absolute Gasteiger partial charge is 0.393 e. The van der Waals surface area contributed by atoms with Gasteiger partial charge >= 0.3 is 0 Å². The number of nitrogens with zero attached hydrogens (tertiary/aromatic N) is 1. The lowest BCUT2D eigenvalue weighted by molar-refractivity contribution is 0.175. The number of nitrogens with one attached hydrogen (secondary N) is 1. The summed E-state index contributed by atoms with van der Waals surface area (Å²) in [6, 6.07) is 7.65. The number of halogens is 1. The number of aromatic nitrogens is 1. The number of benzene rings is 1.